The Labute approximate surface area is 150 Å². The second kappa shape index (κ2) is 7.65. The quantitative estimate of drug-likeness (QED) is 0.805. The number of carbonyl (C=O) groups is 2. The van der Waals surface area contributed by atoms with Gasteiger partial charge >= 0.3 is 0 Å². The molecule has 0 saturated carbocycles. The summed E-state index contributed by atoms with van der Waals surface area (Å²) >= 11 is 1.38. The third-order valence-corrected chi connectivity index (χ3v) is 4.78. The number of benzene rings is 1. The zero-order valence-electron chi connectivity index (χ0n) is 14.4. The van der Waals surface area contributed by atoms with E-state index >= 15 is 0 Å². The van der Waals surface area contributed by atoms with Crippen LogP contribution in [0, 0.1) is 6.92 Å². The molecule has 25 heavy (non-hydrogen) atoms. The molecule has 0 unspecified atom stereocenters. The highest BCUT2D eigenvalue weighted by molar-refractivity contribution is 7.09. The predicted molar refractivity (Wildman–Crippen MR) is 97.2 cm³/mol. The molecule has 132 valence electrons. The monoisotopic (exact) mass is 359 g/mol. The molecule has 0 spiro atoms. The van der Waals surface area contributed by atoms with E-state index < -0.39 is 0 Å². The van der Waals surface area contributed by atoms with Crippen LogP contribution in [0.1, 0.15) is 40.8 Å². The Kier molecular flexibility index (Phi) is 5.33. The number of aryl methyl sites for hydroxylation is 1. The Morgan fingerprint density at radius 3 is 3.08 bits per heavy atom. The normalized spacial score (nSPS) is 13.4. The molecule has 0 bridgehead atoms. The Bertz CT molecular complexity index is 788. The molecule has 2 heterocycles. The fraction of sp³-hybridized carbons (Fsp3) is 0.389. The number of ether oxygens (including phenoxy) is 1. The smallest absolute Gasteiger partial charge is 0.270 e. The SMILES string of the molecule is CCCCNC(=O)c1csc(CN2C(=O)COc3ccc(C)cc32)n1. The number of amides is 2. The molecule has 6 nitrogen and oxygen atoms in total. The van der Waals surface area contributed by atoms with Gasteiger partial charge in [-0.3, -0.25) is 14.5 Å². The van der Waals surface area contributed by atoms with Crippen molar-refractivity contribution >= 4 is 28.8 Å². The van der Waals surface area contributed by atoms with Crippen LogP contribution in [0.5, 0.6) is 5.75 Å². The number of nitrogens with zero attached hydrogens (tertiary/aromatic N) is 2. The van der Waals surface area contributed by atoms with Gasteiger partial charge in [0.15, 0.2) is 6.61 Å². The van der Waals surface area contributed by atoms with Crippen molar-refractivity contribution in [2.45, 2.75) is 33.2 Å². The molecule has 1 aromatic carbocycles. The number of carbonyl (C=O) groups excluding carboxylic acids is 2. The topological polar surface area (TPSA) is 71.5 Å². The van der Waals surface area contributed by atoms with Gasteiger partial charge in [-0.15, -0.1) is 11.3 Å². The van der Waals surface area contributed by atoms with Crippen molar-refractivity contribution in [2.24, 2.45) is 0 Å². The second-order valence-electron chi connectivity index (χ2n) is 5.98. The first-order valence-electron chi connectivity index (χ1n) is 8.35. The fourth-order valence-electron chi connectivity index (χ4n) is 2.58. The summed E-state index contributed by atoms with van der Waals surface area (Å²) in [6.07, 6.45) is 1.97. The van der Waals surface area contributed by atoms with E-state index in [2.05, 4.69) is 17.2 Å². The van der Waals surface area contributed by atoms with Crippen LogP contribution in [-0.2, 0) is 11.3 Å². The zero-order chi connectivity index (χ0) is 17.8. The number of rotatable bonds is 6. The maximum absolute atomic E-state index is 12.3. The predicted octanol–water partition coefficient (Wildman–Crippen LogP) is 2.91. The summed E-state index contributed by atoms with van der Waals surface area (Å²) in [5.74, 6) is 0.419. The number of unbranched alkanes of at least 4 members (excludes halogenated alkanes) is 1. The van der Waals surface area contributed by atoms with Crippen LogP contribution < -0.4 is 15.0 Å². The average Bonchev–Trinajstić information content (AvgIpc) is 3.06. The molecule has 2 amide bonds. The number of hydrogen-bond donors (Lipinski definition) is 1. The summed E-state index contributed by atoms with van der Waals surface area (Å²) in [5, 5.41) is 5.31. The number of fused-ring (bicyclic) bond motifs is 1. The molecule has 2 aromatic rings. The third kappa shape index (κ3) is 3.99. The molecule has 0 radical (unpaired) electrons. The molecule has 0 atom stereocenters. The lowest BCUT2D eigenvalue weighted by Gasteiger charge is -2.29. The van der Waals surface area contributed by atoms with Crippen molar-refractivity contribution in [3.63, 3.8) is 0 Å². The van der Waals surface area contributed by atoms with Gasteiger partial charge in [0.05, 0.1) is 12.2 Å². The highest BCUT2D eigenvalue weighted by atomic mass is 32.1. The molecule has 1 aliphatic rings. The fourth-order valence-corrected chi connectivity index (χ4v) is 3.34. The molecule has 0 aliphatic carbocycles. The number of hydrogen-bond acceptors (Lipinski definition) is 5. The van der Waals surface area contributed by atoms with Crippen molar-refractivity contribution in [1.29, 1.82) is 0 Å². The van der Waals surface area contributed by atoms with Crippen LogP contribution in [0.2, 0.25) is 0 Å². The first-order valence-corrected chi connectivity index (χ1v) is 9.23. The minimum Gasteiger partial charge on any atom is -0.482 e. The highest BCUT2D eigenvalue weighted by Gasteiger charge is 2.26. The minimum atomic E-state index is -0.166. The van der Waals surface area contributed by atoms with Gasteiger partial charge in [-0.2, -0.15) is 0 Å². The molecule has 7 heteroatoms. The molecular formula is C18H21N3O3S. The Hall–Kier alpha value is -2.41. The molecular weight excluding hydrogens is 338 g/mol. The second-order valence-corrected chi connectivity index (χ2v) is 6.92. The maximum Gasteiger partial charge on any atom is 0.270 e. The summed E-state index contributed by atoms with van der Waals surface area (Å²) < 4.78 is 5.48. The Morgan fingerprint density at radius 1 is 1.44 bits per heavy atom. The minimum absolute atomic E-state index is 0.0196. The standard InChI is InChI=1S/C18H21N3O3S/c1-3-4-7-19-18(23)13-11-25-16(20-13)9-21-14-8-12(2)5-6-15(14)24-10-17(21)22/h5-6,8,11H,3-4,7,9-10H2,1-2H3,(H,19,23). The van der Waals surface area contributed by atoms with Crippen molar-refractivity contribution in [1.82, 2.24) is 10.3 Å². The van der Waals surface area contributed by atoms with Gasteiger partial charge in [0.25, 0.3) is 11.8 Å². The van der Waals surface area contributed by atoms with Gasteiger partial charge in [0.2, 0.25) is 0 Å². The lowest BCUT2D eigenvalue weighted by Crippen LogP contribution is -2.38. The van der Waals surface area contributed by atoms with Crippen molar-refractivity contribution in [3.8, 4) is 5.75 Å². The lowest BCUT2D eigenvalue weighted by molar-refractivity contribution is -0.121. The van der Waals surface area contributed by atoms with Crippen molar-refractivity contribution < 1.29 is 14.3 Å². The van der Waals surface area contributed by atoms with E-state index in [0.717, 1.165) is 29.1 Å². The largest absolute Gasteiger partial charge is 0.482 e. The van der Waals surface area contributed by atoms with Crippen LogP contribution >= 0.6 is 11.3 Å². The van der Waals surface area contributed by atoms with E-state index in [0.29, 0.717) is 24.5 Å². The van der Waals surface area contributed by atoms with Crippen molar-refractivity contribution in [3.05, 3.63) is 39.8 Å². The van der Waals surface area contributed by atoms with Gasteiger partial charge < -0.3 is 10.1 Å². The first kappa shape index (κ1) is 17.4. The number of nitrogens with one attached hydrogen (secondary N) is 1. The van der Waals surface area contributed by atoms with E-state index in [1.807, 2.05) is 25.1 Å². The summed E-state index contributed by atoms with van der Waals surface area (Å²) in [7, 11) is 0. The molecule has 1 aromatic heterocycles. The summed E-state index contributed by atoms with van der Waals surface area (Å²) in [5.41, 5.74) is 2.21. The molecule has 0 saturated heterocycles. The van der Waals surface area contributed by atoms with Crippen LogP contribution in [-0.4, -0.2) is 29.9 Å². The zero-order valence-corrected chi connectivity index (χ0v) is 15.2. The van der Waals surface area contributed by atoms with E-state index in [-0.39, 0.29) is 18.4 Å². The maximum atomic E-state index is 12.3. The Balaban J connectivity index is 1.74. The number of thiazole rings is 1. The molecule has 3 rings (SSSR count). The van der Waals surface area contributed by atoms with Gasteiger partial charge in [-0.1, -0.05) is 19.4 Å². The summed E-state index contributed by atoms with van der Waals surface area (Å²) in [6.45, 7) is 5.06. The van der Waals surface area contributed by atoms with Crippen molar-refractivity contribution in [2.75, 3.05) is 18.1 Å². The molecule has 0 fully saturated rings. The number of aromatic nitrogens is 1. The van der Waals surface area contributed by atoms with Crippen LogP contribution in [0.4, 0.5) is 5.69 Å². The van der Waals surface area contributed by atoms with Crippen LogP contribution in [0.15, 0.2) is 23.6 Å². The van der Waals surface area contributed by atoms with Gasteiger partial charge in [0.1, 0.15) is 16.5 Å². The van der Waals surface area contributed by atoms with E-state index in [9.17, 15) is 9.59 Å². The van der Waals surface area contributed by atoms with E-state index in [1.54, 1.807) is 10.3 Å². The van der Waals surface area contributed by atoms with Crippen LogP contribution in [0.3, 0.4) is 0 Å². The molecule has 1 N–H and O–H groups in total. The number of anilines is 1. The van der Waals surface area contributed by atoms with Gasteiger partial charge in [-0.05, 0) is 31.0 Å². The lowest BCUT2D eigenvalue weighted by atomic mass is 10.1. The van der Waals surface area contributed by atoms with Crippen LogP contribution in [0.25, 0.3) is 0 Å². The summed E-state index contributed by atoms with van der Waals surface area (Å²) in [4.78, 5) is 30.4. The van der Waals surface area contributed by atoms with E-state index in [1.165, 1.54) is 11.3 Å². The molecule has 1 aliphatic heterocycles. The van der Waals surface area contributed by atoms with Gasteiger partial charge in [0, 0.05) is 11.9 Å². The highest BCUT2D eigenvalue weighted by Crippen LogP contribution is 2.34. The average molecular weight is 359 g/mol. The summed E-state index contributed by atoms with van der Waals surface area (Å²) in [6, 6.07) is 5.76. The van der Waals surface area contributed by atoms with E-state index in [4.69, 9.17) is 4.74 Å². The Morgan fingerprint density at radius 2 is 2.28 bits per heavy atom. The first-order chi connectivity index (χ1) is 12.1. The van der Waals surface area contributed by atoms with Gasteiger partial charge in [-0.25, -0.2) is 4.98 Å². The third-order valence-electron chi connectivity index (χ3n) is 3.95.